The molecule has 0 spiro atoms. The van der Waals surface area contributed by atoms with Crippen LogP contribution in [0.25, 0.3) is 11.1 Å². The zero-order valence-electron chi connectivity index (χ0n) is 11.0. The molecule has 0 saturated carbocycles. The van der Waals surface area contributed by atoms with Crippen molar-refractivity contribution < 1.29 is 0 Å². The highest BCUT2D eigenvalue weighted by molar-refractivity contribution is 5.65. The summed E-state index contributed by atoms with van der Waals surface area (Å²) in [4.78, 5) is 0. The van der Waals surface area contributed by atoms with Crippen molar-refractivity contribution >= 4 is 0 Å². The van der Waals surface area contributed by atoms with Crippen molar-refractivity contribution in [3.63, 3.8) is 0 Å². The molecule has 0 saturated heterocycles. The predicted octanol–water partition coefficient (Wildman–Crippen LogP) is 4.53. The largest absolute Gasteiger partial charge is 0.115 e. The number of hydrogen-bond acceptors (Lipinski definition) is 0. The molecule has 0 aliphatic rings. The van der Waals surface area contributed by atoms with E-state index in [2.05, 4.69) is 56.2 Å². The van der Waals surface area contributed by atoms with Crippen molar-refractivity contribution in [2.45, 2.75) is 20.3 Å². The van der Waals surface area contributed by atoms with Crippen LogP contribution in [0.1, 0.15) is 25.0 Å². The van der Waals surface area contributed by atoms with E-state index >= 15 is 0 Å². The molecule has 90 valence electrons. The molecule has 0 atom stereocenters. The molecule has 0 heterocycles. The monoisotopic (exact) mass is 234 g/mol. The summed E-state index contributed by atoms with van der Waals surface area (Å²) < 4.78 is 0. The van der Waals surface area contributed by atoms with Crippen molar-refractivity contribution in [1.82, 2.24) is 0 Å². The molecule has 0 N–H and O–H groups in total. The van der Waals surface area contributed by atoms with E-state index in [0.29, 0.717) is 5.92 Å². The maximum Gasteiger partial charge on any atom is 0.0248 e. The highest BCUT2D eigenvalue weighted by Crippen LogP contribution is 2.21. The molecule has 0 heteroatoms. The summed E-state index contributed by atoms with van der Waals surface area (Å²) in [6.45, 7) is 4.48. The Morgan fingerprint density at radius 1 is 1.00 bits per heavy atom. The summed E-state index contributed by atoms with van der Waals surface area (Å²) in [6, 6.07) is 16.9. The second-order valence-electron chi connectivity index (χ2n) is 5.02. The van der Waals surface area contributed by atoms with E-state index in [9.17, 15) is 0 Å². The zero-order valence-corrected chi connectivity index (χ0v) is 11.0. The number of rotatable bonds is 3. The summed E-state index contributed by atoms with van der Waals surface area (Å²) in [6.07, 6.45) is 6.56. The quantitative estimate of drug-likeness (QED) is 0.684. The minimum Gasteiger partial charge on any atom is -0.115 e. The average molecular weight is 234 g/mol. The van der Waals surface area contributed by atoms with E-state index in [1.807, 2.05) is 12.1 Å². The Morgan fingerprint density at radius 3 is 2.33 bits per heavy atom. The Labute approximate surface area is 110 Å². The fourth-order valence-corrected chi connectivity index (χ4v) is 2.09. The third kappa shape index (κ3) is 3.02. The Kier molecular flexibility index (Phi) is 3.85. The van der Waals surface area contributed by atoms with Crippen LogP contribution in [0, 0.1) is 18.3 Å². The SMILES string of the molecule is C#Cc1cccc(-c2ccc(CC(C)C)cc2)c1. The molecular formula is C18H18. The van der Waals surface area contributed by atoms with Crippen LogP contribution in [-0.4, -0.2) is 0 Å². The maximum absolute atomic E-state index is 5.43. The third-order valence-electron chi connectivity index (χ3n) is 2.96. The molecule has 0 nitrogen and oxygen atoms in total. The zero-order chi connectivity index (χ0) is 13.0. The second-order valence-corrected chi connectivity index (χ2v) is 5.02. The van der Waals surface area contributed by atoms with E-state index in [4.69, 9.17) is 6.42 Å². The molecule has 2 rings (SSSR count). The molecule has 0 aliphatic heterocycles. The van der Waals surface area contributed by atoms with E-state index in [-0.39, 0.29) is 0 Å². The van der Waals surface area contributed by atoms with Crippen molar-refractivity contribution in [3.05, 3.63) is 59.7 Å². The first-order valence-electron chi connectivity index (χ1n) is 6.35. The lowest BCUT2D eigenvalue weighted by molar-refractivity contribution is 0.647. The summed E-state index contributed by atoms with van der Waals surface area (Å²) in [5, 5.41) is 0. The molecule has 0 aliphatic carbocycles. The third-order valence-corrected chi connectivity index (χ3v) is 2.96. The fourth-order valence-electron chi connectivity index (χ4n) is 2.09. The van der Waals surface area contributed by atoms with E-state index < -0.39 is 0 Å². The molecule has 2 aromatic rings. The van der Waals surface area contributed by atoms with Crippen LogP contribution in [-0.2, 0) is 6.42 Å². The van der Waals surface area contributed by atoms with Crippen LogP contribution in [0.15, 0.2) is 48.5 Å². The van der Waals surface area contributed by atoms with Gasteiger partial charge in [0.2, 0.25) is 0 Å². The maximum atomic E-state index is 5.43. The molecule has 2 aromatic carbocycles. The van der Waals surface area contributed by atoms with Crippen molar-refractivity contribution in [3.8, 4) is 23.5 Å². The van der Waals surface area contributed by atoms with Gasteiger partial charge in [0.25, 0.3) is 0 Å². The predicted molar refractivity (Wildman–Crippen MR) is 78.4 cm³/mol. The van der Waals surface area contributed by atoms with Crippen LogP contribution in [0.5, 0.6) is 0 Å². The first-order chi connectivity index (χ1) is 8.69. The molecule has 0 amide bonds. The Hall–Kier alpha value is -2.00. The second kappa shape index (κ2) is 5.56. The molecule has 0 bridgehead atoms. The first-order valence-corrected chi connectivity index (χ1v) is 6.35. The van der Waals surface area contributed by atoms with Crippen LogP contribution >= 0.6 is 0 Å². The van der Waals surface area contributed by atoms with Gasteiger partial charge in [0, 0.05) is 5.56 Å². The van der Waals surface area contributed by atoms with Crippen LogP contribution in [0.2, 0.25) is 0 Å². The van der Waals surface area contributed by atoms with Gasteiger partial charge >= 0.3 is 0 Å². The van der Waals surface area contributed by atoms with Gasteiger partial charge in [0.05, 0.1) is 0 Å². The van der Waals surface area contributed by atoms with Gasteiger partial charge in [0.1, 0.15) is 0 Å². The lowest BCUT2D eigenvalue weighted by Gasteiger charge is -2.07. The van der Waals surface area contributed by atoms with Crippen molar-refractivity contribution in [2.75, 3.05) is 0 Å². The van der Waals surface area contributed by atoms with E-state index in [1.165, 1.54) is 16.7 Å². The van der Waals surface area contributed by atoms with Gasteiger partial charge in [-0.05, 0) is 41.2 Å². The molecule has 0 aromatic heterocycles. The van der Waals surface area contributed by atoms with Crippen LogP contribution < -0.4 is 0 Å². The van der Waals surface area contributed by atoms with Gasteiger partial charge in [0.15, 0.2) is 0 Å². The highest BCUT2D eigenvalue weighted by Gasteiger charge is 2.00. The van der Waals surface area contributed by atoms with Gasteiger partial charge in [-0.2, -0.15) is 0 Å². The van der Waals surface area contributed by atoms with Gasteiger partial charge in [-0.15, -0.1) is 6.42 Å². The smallest absolute Gasteiger partial charge is 0.0248 e. The standard InChI is InChI=1S/C18H18/c1-4-15-6-5-7-18(13-15)17-10-8-16(9-11-17)12-14(2)3/h1,5-11,13-14H,12H2,2-3H3. The van der Waals surface area contributed by atoms with Crippen molar-refractivity contribution in [2.24, 2.45) is 5.92 Å². The number of terminal acetylenes is 1. The lowest BCUT2D eigenvalue weighted by atomic mass is 9.98. The molecule has 18 heavy (non-hydrogen) atoms. The van der Waals surface area contributed by atoms with E-state index in [0.717, 1.165) is 12.0 Å². The molecule has 0 radical (unpaired) electrons. The van der Waals surface area contributed by atoms with Gasteiger partial charge in [-0.1, -0.05) is 56.2 Å². The minimum atomic E-state index is 0.695. The lowest BCUT2D eigenvalue weighted by Crippen LogP contribution is -1.93. The fraction of sp³-hybridized carbons (Fsp3) is 0.222. The number of benzene rings is 2. The topological polar surface area (TPSA) is 0 Å². The van der Waals surface area contributed by atoms with Gasteiger partial charge in [-0.3, -0.25) is 0 Å². The summed E-state index contributed by atoms with van der Waals surface area (Å²) >= 11 is 0. The van der Waals surface area contributed by atoms with Gasteiger partial charge < -0.3 is 0 Å². The number of hydrogen-bond donors (Lipinski definition) is 0. The van der Waals surface area contributed by atoms with Crippen LogP contribution in [0.4, 0.5) is 0 Å². The minimum absolute atomic E-state index is 0.695. The first kappa shape index (κ1) is 12.5. The Bertz CT molecular complexity index is 553. The summed E-state index contributed by atoms with van der Waals surface area (Å²) in [5.74, 6) is 3.37. The normalized spacial score (nSPS) is 10.3. The highest BCUT2D eigenvalue weighted by atomic mass is 14.1. The molecular weight excluding hydrogens is 216 g/mol. The van der Waals surface area contributed by atoms with E-state index in [1.54, 1.807) is 0 Å². The van der Waals surface area contributed by atoms with Gasteiger partial charge in [-0.25, -0.2) is 0 Å². The molecule has 0 fully saturated rings. The molecule has 0 unspecified atom stereocenters. The Morgan fingerprint density at radius 2 is 1.72 bits per heavy atom. The Balaban J connectivity index is 2.26. The van der Waals surface area contributed by atoms with Crippen LogP contribution in [0.3, 0.4) is 0 Å². The summed E-state index contributed by atoms with van der Waals surface area (Å²) in [5.41, 5.74) is 4.72. The average Bonchev–Trinajstić information content (AvgIpc) is 2.39. The summed E-state index contributed by atoms with van der Waals surface area (Å²) in [7, 11) is 0. The van der Waals surface area contributed by atoms with Crippen molar-refractivity contribution in [1.29, 1.82) is 0 Å².